The van der Waals surface area contributed by atoms with Gasteiger partial charge >= 0.3 is 11.9 Å². The van der Waals surface area contributed by atoms with Crippen LogP contribution in [-0.2, 0) is 19.1 Å². The van der Waals surface area contributed by atoms with Crippen molar-refractivity contribution in [3.63, 3.8) is 0 Å². The highest BCUT2D eigenvalue weighted by Gasteiger charge is 2.20. The van der Waals surface area contributed by atoms with Gasteiger partial charge in [0.15, 0.2) is 0 Å². The molecule has 0 rings (SSSR count). The fourth-order valence-corrected chi connectivity index (χ4v) is 1.36. The third-order valence-corrected chi connectivity index (χ3v) is 2.15. The van der Waals surface area contributed by atoms with E-state index in [4.69, 9.17) is 9.47 Å². The van der Waals surface area contributed by atoms with Crippen molar-refractivity contribution in [1.82, 2.24) is 5.32 Å². The van der Waals surface area contributed by atoms with Gasteiger partial charge in [-0.2, -0.15) is 0 Å². The molecule has 0 heterocycles. The molecule has 0 aromatic heterocycles. The molecule has 100 valence electrons. The monoisotopic (exact) mass is 245 g/mol. The van der Waals surface area contributed by atoms with E-state index in [0.717, 1.165) is 13.0 Å². The van der Waals surface area contributed by atoms with Crippen LogP contribution >= 0.6 is 0 Å². The number of carbonyl (C=O) groups is 2. The number of esters is 2. The van der Waals surface area contributed by atoms with Gasteiger partial charge < -0.3 is 14.8 Å². The van der Waals surface area contributed by atoms with Gasteiger partial charge in [-0.1, -0.05) is 6.92 Å². The van der Waals surface area contributed by atoms with E-state index in [0.29, 0.717) is 19.6 Å². The molecule has 0 aliphatic carbocycles. The van der Waals surface area contributed by atoms with Crippen molar-refractivity contribution in [3.8, 4) is 0 Å². The third kappa shape index (κ3) is 7.74. The quantitative estimate of drug-likeness (QED) is 0.620. The van der Waals surface area contributed by atoms with Crippen molar-refractivity contribution in [1.29, 1.82) is 0 Å². The Bertz CT molecular complexity index is 231. The summed E-state index contributed by atoms with van der Waals surface area (Å²) in [6.07, 6.45) is 1.57. The van der Waals surface area contributed by atoms with Gasteiger partial charge in [-0.05, 0) is 33.2 Å². The molecule has 0 fully saturated rings. The topological polar surface area (TPSA) is 64.6 Å². The molecule has 0 aliphatic rings. The summed E-state index contributed by atoms with van der Waals surface area (Å²) in [6, 6.07) is -0.417. The number of ether oxygens (including phenoxy) is 2. The van der Waals surface area contributed by atoms with Gasteiger partial charge in [0.25, 0.3) is 0 Å². The first-order valence-corrected chi connectivity index (χ1v) is 6.21. The zero-order valence-corrected chi connectivity index (χ0v) is 11.0. The summed E-state index contributed by atoms with van der Waals surface area (Å²) in [5.74, 6) is -0.578. The summed E-state index contributed by atoms with van der Waals surface area (Å²) in [7, 11) is 0. The summed E-state index contributed by atoms with van der Waals surface area (Å²) in [5, 5.41) is 3.07. The summed E-state index contributed by atoms with van der Waals surface area (Å²) >= 11 is 0. The first-order valence-electron chi connectivity index (χ1n) is 6.21. The second-order valence-electron chi connectivity index (χ2n) is 3.60. The lowest BCUT2D eigenvalue weighted by molar-refractivity contribution is -0.147. The number of rotatable bonds is 9. The van der Waals surface area contributed by atoms with E-state index in [1.54, 1.807) is 13.8 Å². The molecule has 5 heteroatoms. The Morgan fingerprint density at radius 1 is 1.12 bits per heavy atom. The van der Waals surface area contributed by atoms with Crippen molar-refractivity contribution < 1.29 is 19.1 Å². The van der Waals surface area contributed by atoms with Gasteiger partial charge in [-0.15, -0.1) is 0 Å². The van der Waals surface area contributed by atoms with Crippen molar-refractivity contribution in [2.75, 3.05) is 19.8 Å². The molecule has 0 aromatic carbocycles. The average molecular weight is 245 g/mol. The second-order valence-corrected chi connectivity index (χ2v) is 3.60. The van der Waals surface area contributed by atoms with Gasteiger partial charge in [0.1, 0.15) is 6.04 Å². The highest BCUT2D eigenvalue weighted by Crippen LogP contribution is 2.02. The Morgan fingerprint density at radius 2 is 1.76 bits per heavy atom. The minimum atomic E-state index is -0.417. The average Bonchev–Trinajstić information content (AvgIpc) is 2.29. The summed E-state index contributed by atoms with van der Waals surface area (Å²) in [6.45, 7) is 6.98. The van der Waals surface area contributed by atoms with E-state index >= 15 is 0 Å². The molecule has 1 atom stereocenters. The first-order chi connectivity index (χ1) is 8.15. The number of carbonyl (C=O) groups excluding carboxylic acids is 2. The molecule has 0 spiro atoms. The van der Waals surface area contributed by atoms with Crippen LogP contribution in [0.2, 0.25) is 0 Å². The SMILES string of the molecule is CCCNC(CCC(=O)OCC)C(=O)OCC. The van der Waals surface area contributed by atoms with Crippen molar-refractivity contribution in [2.45, 2.75) is 46.1 Å². The molecular weight excluding hydrogens is 222 g/mol. The number of hydrogen-bond donors (Lipinski definition) is 1. The van der Waals surface area contributed by atoms with E-state index in [9.17, 15) is 9.59 Å². The van der Waals surface area contributed by atoms with Gasteiger partial charge in [0.2, 0.25) is 0 Å². The van der Waals surface area contributed by atoms with E-state index in [1.807, 2.05) is 6.92 Å². The molecule has 1 N–H and O–H groups in total. The Morgan fingerprint density at radius 3 is 2.29 bits per heavy atom. The molecule has 0 aliphatic heterocycles. The van der Waals surface area contributed by atoms with Crippen molar-refractivity contribution in [3.05, 3.63) is 0 Å². The van der Waals surface area contributed by atoms with E-state index < -0.39 is 6.04 Å². The molecule has 0 aromatic rings. The molecule has 0 saturated heterocycles. The highest BCUT2D eigenvalue weighted by molar-refractivity contribution is 5.77. The molecule has 1 unspecified atom stereocenters. The lowest BCUT2D eigenvalue weighted by atomic mass is 10.1. The van der Waals surface area contributed by atoms with Gasteiger partial charge in [-0.3, -0.25) is 9.59 Å². The smallest absolute Gasteiger partial charge is 0.323 e. The van der Waals surface area contributed by atoms with Crippen LogP contribution in [0.1, 0.15) is 40.0 Å². The highest BCUT2D eigenvalue weighted by atomic mass is 16.5. The van der Waals surface area contributed by atoms with Crippen LogP contribution in [0.25, 0.3) is 0 Å². The van der Waals surface area contributed by atoms with Crippen LogP contribution in [0.3, 0.4) is 0 Å². The largest absolute Gasteiger partial charge is 0.466 e. The van der Waals surface area contributed by atoms with Crippen molar-refractivity contribution >= 4 is 11.9 Å². The second kappa shape index (κ2) is 10.1. The van der Waals surface area contributed by atoms with Crippen LogP contribution < -0.4 is 5.32 Å². The Labute approximate surface area is 103 Å². The van der Waals surface area contributed by atoms with E-state index in [-0.39, 0.29) is 18.4 Å². The van der Waals surface area contributed by atoms with Crippen LogP contribution in [0, 0.1) is 0 Å². The van der Waals surface area contributed by atoms with Gasteiger partial charge in [0, 0.05) is 6.42 Å². The molecule has 0 radical (unpaired) electrons. The van der Waals surface area contributed by atoms with Gasteiger partial charge in [0.05, 0.1) is 13.2 Å². The normalized spacial score (nSPS) is 11.9. The maximum atomic E-state index is 11.6. The number of nitrogens with one attached hydrogen (secondary N) is 1. The lowest BCUT2D eigenvalue weighted by Crippen LogP contribution is -2.39. The fourth-order valence-electron chi connectivity index (χ4n) is 1.36. The molecule has 17 heavy (non-hydrogen) atoms. The lowest BCUT2D eigenvalue weighted by Gasteiger charge is -2.16. The molecule has 0 saturated carbocycles. The van der Waals surface area contributed by atoms with Crippen LogP contribution in [-0.4, -0.2) is 37.7 Å². The summed E-state index contributed by atoms with van der Waals surface area (Å²) in [4.78, 5) is 22.8. The molecule has 0 amide bonds. The number of hydrogen-bond acceptors (Lipinski definition) is 5. The molecule has 5 nitrogen and oxygen atoms in total. The summed E-state index contributed by atoms with van der Waals surface area (Å²) in [5.41, 5.74) is 0. The predicted molar refractivity (Wildman–Crippen MR) is 64.6 cm³/mol. The first kappa shape index (κ1) is 15.9. The van der Waals surface area contributed by atoms with E-state index in [2.05, 4.69) is 5.32 Å². The van der Waals surface area contributed by atoms with Crippen LogP contribution in [0.4, 0.5) is 0 Å². The van der Waals surface area contributed by atoms with Crippen LogP contribution in [0.15, 0.2) is 0 Å². The van der Waals surface area contributed by atoms with Crippen molar-refractivity contribution in [2.24, 2.45) is 0 Å². The Hall–Kier alpha value is -1.10. The van der Waals surface area contributed by atoms with Crippen LogP contribution in [0.5, 0.6) is 0 Å². The molecular formula is C12H23NO4. The fraction of sp³-hybridized carbons (Fsp3) is 0.833. The minimum Gasteiger partial charge on any atom is -0.466 e. The standard InChI is InChI=1S/C12H23NO4/c1-4-9-13-10(12(15)17-6-3)7-8-11(14)16-5-2/h10,13H,4-9H2,1-3H3. The maximum absolute atomic E-state index is 11.6. The molecule has 0 bridgehead atoms. The third-order valence-electron chi connectivity index (χ3n) is 2.15. The maximum Gasteiger partial charge on any atom is 0.323 e. The zero-order valence-electron chi connectivity index (χ0n) is 11.0. The minimum absolute atomic E-state index is 0.230. The van der Waals surface area contributed by atoms with E-state index in [1.165, 1.54) is 0 Å². The summed E-state index contributed by atoms with van der Waals surface area (Å²) < 4.78 is 9.76. The Balaban J connectivity index is 4.08. The Kier molecular flexibility index (Phi) is 9.43. The predicted octanol–water partition coefficient (Wildman–Crippen LogP) is 1.26. The van der Waals surface area contributed by atoms with Gasteiger partial charge in [-0.25, -0.2) is 0 Å². The zero-order chi connectivity index (χ0) is 13.1.